The number of methoxy groups -OCH3 is 1. The molecule has 0 aliphatic carbocycles. The van der Waals surface area contributed by atoms with E-state index in [4.69, 9.17) is 9.15 Å². The molecule has 0 saturated heterocycles. The largest absolute Gasteiger partial charge is 0.497 e. The van der Waals surface area contributed by atoms with Crippen LogP contribution in [0.5, 0.6) is 5.75 Å². The van der Waals surface area contributed by atoms with Crippen molar-refractivity contribution in [2.75, 3.05) is 7.11 Å². The number of aryl methyl sites for hydroxylation is 1. The van der Waals surface area contributed by atoms with Gasteiger partial charge >= 0.3 is 0 Å². The number of rotatable bonds is 12. The molecule has 1 atom stereocenters. The van der Waals surface area contributed by atoms with Gasteiger partial charge < -0.3 is 14.5 Å². The molecule has 6 heteroatoms. The number of amides is 1. The summed E-state index contributed by atoms with van der Waals surface area (Å²) in [6.45, 7) is 3.59. The SMILES string of the molecule is COc1cccc(CN(Cc2cccc(F)c2)Cc2ccc(C(=O)NC(C)CCc3ccccc3)o2)c1. The molecule has 4 aromatic rings. The molecule has 0 aliphatic rings. The average Bonchev–Trinajstić information content (AvgIpc) is 3.37. The zero-order chi connectivity index (χ0) is 26.0. The number of nitrogens with one attached hydrogen (secondary N) is 1. The molecule has 192 valence electrons. The summed E-state index contributed by atoms with van der Waals surface area (Å²) in [4.78, 5) is 14.9. The van der Waals surface area contributed by atoms with Crippen LogP contribution in [0.15, 0.2) is 95.4 Å². The fourth-order valence-electron chi connectivity index (χ4n) is 4.29. The maximum atomic E-state index is 13.8. The third kappa shape index (κ3) is 8.05. The second-order valence-corrected chi connectivity index (χ2v) is 9.29. The Morgan fingerprint density at radius 2 is 1.59 bits per heavy atom. The lowest BCUT2D eigenvalue weighted by Gasteiger charge is -2.22. The van der Waals surface area contributed by atoms with Gasteiger partial charge in [0.15, 0.2) is 5.76 Å². The van der Waals surface area contributed by atoms with E-state index in [1.807, 2.05) is 61.5 Å². The van der Waals surface area contributed by atoms with Crippen molar-refractivity contribution in [1.82, 2.24) is 10.2 Å². The number of carbonyl (C=O) groups is 1. The minimum atomic E-state index is -0.267. The van der Waals surface area contributed by atoms with Gasteiger partial charge in [0.1, 0.15) is 17.3 Å². The molecule has 37 heavy (non-hydrogen) atoms. The summed E-state index contributed by atoms with van der Waals surface area (Å²) >= 11 is 0. The van der Waals surface area contributed by atoms with Crippen molar-refractivity contribution in [3.63, 3.8) is 0 Å². The number of benzene rings is 3. The molecular weight excluding hydrogens is 467 g/mol. The number of carbonyl (C=O) groups excluding carboxylic acids is 1. The van der Waals surface area contributed by atoms with E-state index in [-0.39, 0.29) is 23.5 Å². The van der Waals surface area contributed by atoms with Gasteiger partial charge in [0.25, 0.3) is 5.91 Å². The summed E-state index contributed by atoms with van der Waals surface area (Å²) in [5, 5.41) is 3.03. The first kappa shape index (κ1) is 26.2. The van der Waals surface area contributed by atoms with E-state index < -0.39 is 0 Å². The Hall–Kier alpha value is -3.90. The molecule has 0 radical (unpaired) electrons. The van der Waals surface area contributed by atoms with E-state index in [2.05, 4.69) is 22.3 Å². The predicted octanol–water partition coefficient (Wildman–Crippen LogP) is 6.38. The Labute approximate surface area is 217 Å². The van der Waals surface area contributed by atoms with Crippen molar-refractivity contribution in [3.05, 3.63) is 125 Å². The van der Waals surface area contributed by atoms with Crippen LogP contribution in [0.4, 0.5) is 4.39 Å². The van der Waals surface area contributed by atoms with E-state index in [0.717, 1.165) is 29.7 Å². The molecule has 1 unspecified atom stereocenters. The molecule has 1 heterocycles. The molecule has 3 aromatic carbocycles. The smallest absolute Gasteiger partial charge is 0.287 e. The highest BCUT2D eigenvalue weighted by Gasteiger charge is 2.17. The minimum Gasteiger partial charge on any atom is -0.497 e. The average molecular weight is 501 g/mol. The van der Waals surface area contributed by atoms with Crippen molar-refractivity contribution in [2.45, 2.75) is 45.4 Å². The third-order valence-corrected chi connectivity index (χ3v) is 6.19. The highest BCUT2D eigenvalue weighted by atomic mass is 19.1. The summed E-state index contributed by atoms with van der Waals surface area (Å²) in [6.07, 6.45) is 1.73. The molecule has 0 spiro atoms. The van der Waals surface area contributed by atoms with Crippen molar-refractivity contribution < 1.29 is 18.3 Å². The quantitative estimate of drug-likeness (QED) is 0.245. The third-order valence-electron chi connectivity index (χ3n) is 6.19. The van der Waals surface area contributed by atoms with Gasteiger partial charge in [0, 0.05) is 19.1 Å². The van der Waals surface area contributed by atoms with Gasteiger partial charge in [-0.15, -0.1) is 0 Å². The fourth-order valence-corrected chi connectivity index (χ4v) is 4.29. The van der Waals surface area contributed by atoms with Crippen LogP contribution in [-0.2, 0) is 26.1 Å². The highest BCUT2D eigenvalue weighted by molar-refractivity contribution is 5.91. The van der Waals surface area contributed by atoms with Crippen LogP contribution in [0.3, 0.4) is 0 Å². The van der Waals surface area contributed by atoms with Crippen molar-refractivity contribution in [3.8, 4) is 5.75 Å². The number of hydrogen-bond acceptors (Lipinski definition) is 4. The van der Waals surface area contributed by atoms with Crippen molar-refractivity contribution in [2.24, 2.45) is 0 Å². The van der Waals surface area contributed by atoms with Crippen LogP contribution in [0.25, 0.3) is 0 Å². The Bertz CT molecular complexity index is 1290. The van der Waals surface area contributed by atoms with Gasteiger partial charge in [0.2, 0.25) is 0 Å². The first-order valence-corrected chi connectivity index (χ1v) is 12.5. The fraction of sp³-hybridized carbons (Fsp3) is 0.258. The van der Waals surface area contributed by atoms with Crippen LogP contribution in [0.2, 0.25) is 0 Å². The number of nitrogens with zero attached hydrogens (tertiary/aromatic N) is 1. The molecule has 1 aromatic heterocycles. The van der Waals surface area contributed by atoms with Crippen molar-refractivity contribution in [1.29, 1.82) is 0 Å². The van der Waals surface area contributed by atoms with Crippen LogP contribution < -0.4 is 10.1 Å². The molecule has 5 nitrogen and oxygen atoms in total. The van der Waals surface area contributed by atoms with Crippen LogP contribution in [-0.4, -0.2) is 24.0 Å². The lowest BCUT2D eigenvalue weighted by molar-refractivity contribution is 0.0906. The first-order valence-electron chi connectivity index (χ1n) is 12.5. The van der Waals surface area contributed by atoms with E-state index >= 15 is 0 Å². The molecular formula is C31H33FN2O3. The monoisotopic (exact) mass is 500 g/mol. The summed E-state index contributed by atoms with van der Waals surface area (Å²) in [7, 11) is 1.64. The minimum absolute atomic E-state index is 0.0128. The van der Waals surface area contributed by atoms with E-state index in [9.17, 15) is 9.18 Å². The second-order valence-electron chi connectivity index (χ2n) is 9.29. The van der Waals surface area contributed by atoms with Gasteiger partial charge in [0.05, 0.1) is 13.7 Å². The zero-order valence-electron chi connectivity index (χ0n) is 21.3. The van der Waals surface area contributed by atoms with E-state index in [1.165, 1.54) is 17.7 Å². The van der Waals surface area contributed by atoms with Crippen LogP contribution >= 0.6 is 0 Å². The molecule has 4 rings (SSSR count). The van der Waals surface area contributed by atoms with Gasteiger partial charge in [-0.2, -0.15) is 0 Å². The van der Waals surface area contributed by atoms with Crippen molar-refractivity contribution >= 4 is 5.91 Å². The van der Waals surface area contributed by atoms with Crippen LogP contribution in [0.1, 0.15) is 46.3 Å². The normalized spacial score (nSPS) is 11.9. The summed E-state index contributed by atoms with van der Waals surface area (Å²) < 4.78 is 25.1. The first-order chi connectivity index (χ1) is 18.0. The number of halogens is 1. The maximum Gasteiger partial charge on any atom is 0.287 e. The lowest BCUT2D eigenvalue weighted by atomic mass is 10.1. The summed E-state index contributed by atoms with van der Waals surface area (Å²) in [5.41, 5.74) is 3.17. The zero-order valence-corrected chi connectivity index (χ0v) is 21.3. The molecule has 0 saturated carbocycles. The highest BCUT2D eigenvalue weighted by Crippen LogP contribution is 2.20. The van der Waals surface area contributed by atoms with Crippen LogP contribution in [0, 0.1) is 5.82 Å². The Balaban J connectivity index is 1.40. The summed E-state index contributed by atoms with van der Waals surface area (Å²) in [6, 6.07) is 28.2. The second kappa shape index (κ2) is 12.9. The maximum absolute atomic E-state index is 13.8. The Morgan fingerprint density at radius 1 is 0.892 bits per heavy atom. The molecule has 0 aliphatic heterocycles. The standard InChI is InChI=1S/C31H33FN2O3/c1-23(14-15-24-8-4-3-5-9-24)33-31(35)30-17-16-29(37-30)22-34(20-25-10-6-12-27(32)18-25)21-26-11-7-13-28(19-26)36-2/h3-13,16-19,23H,14-15,20-22H2,1-2H3,(H,33,35). The lowest BCUT2D eigenvalue weighted by Crippen LogP contribution is -2.32. The molecule has 0 fully saturated rings. The Kier molecular flexibility index (Phi) is 9.11. The van der Waals surface area contributed by atoms with Gasteiger partial charge in [-0.05, 0) is 72.9 Å². The molecule has 1 amide bonds. The van der Waals surface area contributed by atoms with E-state index in [1.54, 1.807) is 19.2 Å². The Morgan fingerprint density at radius 3 is 2.32 bits per heavy atom. The van der Waals surface area contributed by atoms with E-state index in [0.29, 0.717) is 25.4 Å². The predicted molar refractivity (Wildman–Crippen MR) is 143 cm³/mol. The number of hydrogen-bond donors (Lipinski definition) is 1. The summed E-state index contributed by atoms with van der Waals surface area (Å²) in [5.74, 6) is 1.24. The van der Waals surface area contributed by atoms with Gasteiger partial charge in [-0.1, -0.05) is 54.6 Å². The molecule has 1 N–H and O–H groups in total. The molecule has 0 bridgehead atoms. The van der Waals surface area contributed by atoms with Gasteiger partial charge in [-0.3, -0.25) is 9.69 Å². The number of ether oxygens (including phenoxy) is 1. The van der Waals surface area contributed by atoms with Gasteiger partial charge in [-0.25, -0.2) is 4.39 Å². The topological polar surface area (TPSA) is 54.7 Å². The number of furan rings is 1.